The summed E-state index contributed by atoms with van der Waals surface area (Å²) >= 11 is 0. The highest BCUT2D eigenvalue weighted by Gasteiger charge is 2.32. The third-order valence-electron chi connectivity index (χ3n) is 6.87. The molecule has 1 aromatic carbocycles. The average molecular weight is 457 g/mol. The first-order valence-corrected chi connectivity index (χ1v) is 13.3. The first-order chi connectivity index (χ1) is 15.5. The van der Waals surface area contributed by atoms with Gasteiger partial charge in [-0.2, -0.15) is 0 Å². The van der Waals surface area contributed by atoms with Gasteiger partial charge in [-0.15, -0.1) is 0 Å². The topological polar surface area (TPSA) is 84.3 Å². The van der Waals surface area contributed by atoms with E-state index >= 15 is 0 Å². The first kappa shape index (κ1) is 22.8. The molecule has 2 aliphatic rings. The van der Waals surface area contributed by atoms with Crippen LogP contribution in [0, 0.1) is 5.92 Å². The molecular weight excluding hydrogens is 424 g/mol. The van der Waals surface area contributed by atoms with Gasteiger partial charge >= 0.3 is 0 Å². The lowest BCUT2D eigenvalue weighted by atomic mass is 9.84. The highest BCUT2D eigenvalue weighted by molar-refractivity contribution is 7.98. The summed E-state index contributed by atoms with van der Waals surface area (Å²) < 4.78 is 16.7. The third-order valence-corrected chi connectivity index (χ3v) is 9.06. The SMILES string of the molecule is CCS(=O)(=C=O)N1CCn2c(-c3ccccc3)nc(C(=O)NC(C)C3CCCCC3)c2C1. The second kappa shape index (κ2) is 9.61. The number of hydrogen-bond donors (Lipinski definition) is 1. The molecule has 2 aromatic rings. The van der Waals surface area contributed by atoms with Gasteiger partial charge in [-0.1, -0.05) is 56.5 Å². The second-order valence-corrected chi connectivity index (χ2v) is 11.3. The molecule has 32 heavy (non-hydrogen) atoms. The van der Waals surface area contributed by atoms with Crippen LogP contribution in [0.5, 0.6) is 0 Å². The summed E-state index contributed by atoms with van der Waals surface area (Å²) in [6.45, 7) is 5.00. The molecule has 1 aliphatic carbocycles. The molecule has 2 atom stereocenters. The number of carbonyl (C=O) groups is 1. The summed E-state index contributed by atoms with van der Waals surface area (Å²) in [5.41, 5.74) is 2.00. The second-order valence-electron chi connectivity index (χ2n) is 8.78. The number of fused-ring (bicyclic) bond motifs is 1. The van der Waals surface area contributed by atoms with Gasteiger partial charge < -0.3 is 9.88 Å². The molecule has 172 valence electrons. The van der Waals surface area contributed by atoms with Crippen LogP contribution >= 0.6 is 0 Å². The normalized spacial score (nSPS) is 20.1. The predicted octanol–water partition coefficient (Wildman–Crippen LogP) is 3.35. The van der Waals surface area contributed by atoms with E-state index in [0.29, 0.717) is 30.4 Å². The number of hydrogen-bond acceptors (Lipinski definition) is 4. The Kier molecular flexibility index (Phi) is 6.84. The van der Waals surface area contributed by atoms with Crippen molar-refractivity contribution >= 4 is 20.8 Å². The van der Waals surface area contributed by atoms with Gasteiger partial charge in [0.1, 0.15) is 15.5 Å². The number of amides is 1. The standard InChI is InChI=1S/C24H32N4O3S/c1-3-32(31,17-29)27-14-15-28-21(16-27)22(26-23(28)20-12-8-5-9-13-20)24(30)25-18(2)19-10-6-4-7-11-19/h5,8-9,12-13,18-19H,3-4,6-7,10-11,14-16H2,1-2H3,(H,25,30). The number of aromatic nitrogens is 2. The van der Waals surface area contributed by atoms with Crippen LogP contribution in [0.2, 0.25) is 0 Å². The molecule has 0 spiro atoms. The Bertz CT molecular complexity index is 1110. The molecule has 7 nitrogen and oxygen atoms in total. The van der Waals surface area contributed by atoms with Gasteiger partial charge in [-0.3, -0.25) is 4.79 Å². The van der Waals surface area contributed by atoms with Crippen LogP contribution in [0.1, 0.15) is 62.1 Å². The van der Waals surface area contributed by atoms with E-state index in [2.05, 4.69) is 12.2 Å². The van der Waals surface area contributed by atoms with Gasteiger partial charge in [0.15, 0.2) is 5.69 Å². The zero-order valence-corrected chi connectivity index (χ0v) is 19.7. The van der Waals surface area contributed by atoms with Crippen LogP contribution in [-0.4, -0.2) is 47.5 Å². The highest BCUT2D eigenvalue weighted by Crippen LogP contribution is 2.29. The zero-order chi connectivity index (χ0) is 22.7. The van der Waals surface area contributed by atoms with E-state index in [4.69, 9.17) is 4.98 Å². The molecule has 2 unspecified atom stereocenters. The maximum atomic E-state index is 13.4. The van der Waals surface area contributed by atoms with Gasteiger partial charge in [0.2, 0.25) is 5.23 Å². The fourth-order valence-electron chi connectivity index (χ4n) is 4.91. The predicted molar refractivity (Wildman–Crippen MR) is 126 cm³/mol. The average Bonchev–Trinajstić information content (AvgIpc) is 3.23. The Morgan fingerprint density at radius 3 is 2.59 bits per heavy atom. The Morgan fingerprint density at radius 2 is 1.94 bits per heavy atom. The molecule has 1 amide bonds. The number of imidazole rings is 1. The summed E-state index contributed by atoms with van der Waals surface area (Å²) in [5, 5.41) is 4.94. The summed E-state index contributed by atoms with van der Waals surface area (Å²) in [4.78, 5) is 29.6. The van der Waals surface area contributed by atoms with Crippen molar-refractivity contribution in [1.82, 2.24) is 19.2 Å². The number of benzene rings is 1. The van der Waals surface area contributed by atoms with Crippen LogP contribution < -0.4 is 5.32 Å². The molecule has 0 radical (unpaired) electrons. The summed E-state index contributed by atoms with van der Waals surface area (Å²) in [7, 11) is -2.89. The van der Waals surface area contributed by atoms with E-state index in [1.165, 1.54) is 19.3 Å². The van der Waals surface area contributed by atoms with Gasteiger partial charge in [0.25, 0.3) is 5.91 Å². The Hall–Kier alpha value is -2.41. The molecule has 1 saturated carbocycles. The summed E-state index contributed by atoms with van der Waals surface area (Å²) in [6.07, 6.45) is 5.97. The number of nitrogens with zero attached hydrogens (tertiary/aromatic N) is 3. The van der Waals surface area contributed by atoms with E-state index in [9.17, 15) is 13.8 Å². The molecule has 0 saturated heterocycles. The minimum absolute atomic E-state index is 0.0724. The van der Waals surface area contributed by atoms with Crippen molar-refractivity contribution in [2.45, 2.75) is 65.1 Å². The maximum Gasteiger partial charge on any atom is 0.272 e. The Balaban J connectivity index is 1.69. The van der Waals surface area contributed by atoms with E-state index in [-0.39, 0.29) is 24.2 Å². The van der Waals surface area contributed by atoms with Gasteiger partial charge in [-0.25, -0.2) is 18.3 Å². The molecule has 1 N–H and O–H groups in total. The van der Waals surface area contributed by atoms with Crippen LogP contribution in [0.4, 0.5) is 0 Å². The quantitative estimate of drug-likeness (QED) is 0.676. The van der Waals surface area contributed by atoms with Crippen molar-refractivity contribution in [2.75, 3.05) is 12.3 Å². The fourth-order valence-corrected chi connectivity index (χ4v) is 6.20. The molecule has 0 bridgehead atoms. The first-order valence-electron chi connectivity index (χ1n) is 11.6. The lowest BCUT2D eigenvalue weighted by molar-refractivity contribution is 0.0912. The Morgan fingerprint density at radius 1 is 1.22 bits per heavy atom. The number of carbonyl (C=O) groups excluding carboxylic acids is 2. The molecule has 8 heteroatoms. The molecule has 4 rings (SSSR count). The van der Waals surface area contributed by atoms with Crippen molar-refractivity contribution in [2.24, 2.45) is 5.92 Å². The molecule has 1 aromatic heterocycles. The fraction of sp³-hybridized carbons (Fsp3) is 0.542. The zero-order valence-electron chi connectivity index (χ0n) is 18.9. The lowest BCUT2D eigenvalue weighted by Gasteiger charge is -2.30. The smallest absolute Gasteiger partial charge is 0.272 e. The minimum atomic E-state index is -2.89. The van der Waals surface area contributed by atoms with Crippen LogP contribution in [0.25, 0.3) is 11.4 Å². The van der Waals surface area contributed by atoms with Gasteiger partial charge in [0, 0.05) is 30.4 Å². The van der Waals surface area contributed by atoms with Crippen molar-refractivity contribution < 1.29 is 13.8 Å². The monoisotopic (exact) mass is 456 g/mol. The van der Waals surface area contributed by atoms with Gasteiger partial charge in [-0.05, 0) is 25.7 Å². The van der Waals surface area contributed by atoms with Crippen molar-refractivity contribution in [1.29, 1.82) is 0 Å². The van der Waals surface area contributed by atoms with E-state index in [1.54, 1.807) is 16.5 Å². The highest BCUT2D eigenvalue weighted by atomic mass is 32.2. The Labute approximate surface area is 190 Å². The van der Waals surface area contributed by atoms with Crippen molar-refractivity contribution in [3.05, 3.63) is 41.7 Å². The summed E-state index contributed by atoms with van der Waals surface area (Å²) in [6, 6.07) is 9.86. The van der Waals surface area contributed by atoms with E-state index in [0.717, 1.165) is 24.2 Å². The van der Waals surface area contributed by atoms with E-state index < -0.39 is 9.71 Å². The van der Waals surface area contributed by atoms with Gasteiger partial charge in [0.05, 0.1) is 12.2 Å². The maximum absolute atomic E-state index is 13.4. The van der Waals surface area contributed by atoms with Crippen molar-refractivity contribution in [3.63, 3.8) is 0 Å². The molecular formula is C24H32N4O3S. The minimum Gasteiger partial charge on any atom is -0.348 e. The number of rotatable bonds is 6. The van der Waals surface area contributed by atoms with E-state index in [1.807, 2.05) is 34.9 Å². The molecule has 1 aliphatic heterocycles. The van der Waals surface area contributed by atoms with Crippen molar-refractivity contribution in [3.8, 4) is 11.4 Å². The number of nitrogens with one attached hydrogen (secondary N) is 1. The molecule has 1 fully saturated rings. The third kappa shape index (κ3) is 4.40. The van der Waals surface area contributed by atoms with Crippen LogP contribution in [-0.2, 0) is 27.6 Å². The van der Waals surface area contributed by atoms with Crippen LogP contribution in [0.15, 0.2) is 30.3 Å². The lowest BCUT2D eigenvalue weighted by Crippen LogP contribution is -2.42. The summed E-state index contributed by atoms with van der Waals surface area (Å²) in [5.74, 6) is 1.22. The molecule has 2 heterocycles. The van der Waals surface area contributed by atoms with Crippen LogP contribution in [0.3, 0.4) is 0 Å². The largest absolute Gasteiger partial charge is 0.348 e.